The summed E-state index contributed by atoms with van der Waals surface area (Å²) in [6, 6.07) is 0. The van der Waals surface area contributed by atoms with E-state index in [1.54, 1.807) is 14.2 Å². The summed E-state index contributed by atoms with van der Waals surface area (Å²) in [6.45, 7) is 2.18. The van der Waals surface area contributed by atoms with Crippen molar-refractivity contribution in [3.63, 3.8) is 0 Å². The lowest BCUT2D eigenvalue weighted by Crippen LogP contribution is -2.42. The highest BCUT2D eigenvalue weighted by molar-refractivity contribution is 4.56. The van der Waals surface area contributed by atoms with Crippen LogP contribution in [0, 0.1) is 0 Å². The maximum atomic E-state index is 5.22. The molecule has 0 radical (unpaired) electrons. The Balaban J connectivity index is 2.25. The summed E-state index contributed by atoms with van der Waals surface area (Å²) in [5.41, 5.74) is 0. The van der Waals surface area contributed by atoms with Crippen LogP contribution in [-0.4, -0.2) is 45.3 Å². The maximum absolute atomic E-state index is 5.22. The Labute approximate surface area is 60.6 Å². The SMILES string of the molecule is COC1CN(OC)CCO1. The van der Waals surface area contributed by atoms with Crippen molar-refractivity contribution in [1.82, 2.24) is 5.06 Å². The maximum Gasteiger partial charge on any atom is 0.172 e. The highest BCUT2D eigenvalue weighted by atomic mass is 16.7. The molecular weight excluding hydrogens is 134 g/mol. The van der Waals surface area contributed by atoms with Gasteiger partial charge in [-0.1, -0.05) is 0 Å². The number of methoxy groups -OCH3 is 1. The second kappa shape index (κ2) is 3.88. The van der Waals surface area contributed by atoms with E-state index < -0.39 is 0 Å². The molecule has 1 rings (SSSR count). The molecule has 1 atom stereocenters. The molecule has 0 spiro atoms. The first kappa shape index (κ1) is 7.94. The van der Waals surface area contributed by atoms with E-state index in [0.29, 0.717) is 13.2 Å². The standard InChI is InChI=1S/C6H13NO3/c1-8-6-5-7(9-2)3-4-10-6/h6H,3-5H2,1-2H3. The summed E-state index contributed by atoms with van der Waals surface area (Å²) in [5, 5.41) is 1.82. The second-order valence-corrected chi connectivity index (χ2v) is 2.11. The number of nitrogens with zero attached hydrogens (tertiary/aromatic N) is 1. The Bertz CT molecular complexity index is 89.0. The molecule has 60 valence electrons. The molecule has 0 saturated carbocycles. The van der Waals surface area contributed by atoms with Crippen molar-refractivity contribution in [2.75, 3.05) is 33.9 Å². The number of hydrogen-bond acceptors (Lipinski definition) is 4. The molecular formula is C6H13NO3. The zero-order valence-corrected chi connectivity index (χ0v) is 6.37. The summed E-state index contributed by atoms with van der Waals surface area (Å²) in [4.78, 5) is 5.00. The lowest BCUT2D eigenvalue weighted by Gasteiger charge is -2.29. The van der Waals surface area contributed by atoms with Crippen molar-refractivity contribution < 1.29 is 14.3 Å². The van der Waals surface area contributed by atoms with Gasteiger partial charge in [-0.2, -0.15) is 5.06 Å². The zero-order chi connectivity index (χ0) is 7.40. The lowest BCUT2D eigenvalue weighted by atomic mass is 10.5. The molecule has 4 heteroatoms. The van der Waals surface area contributed by atoms with Gasteiger partial charge in [-0.3, -0.25) is 0 Å². The van der Waals surface area contributed by atoms with Crippen LogP contribution in [0.5, 0.6) is 0 Å². The lowest BCUT2D eigenvalue weighted by molar-refractivity contribution is -0.246. The zero-order valence-electron chi connectivity index (χ0n) is 6.37. The fourth-order valence-electron chi connectivity index (χ4n) is 0.905. The average molecular weight is 147 g/mol. The Morgan fingerprint density at radius 1 is 1.50 bits per heavy atom. The second-order valence-electron chi connectivity index (χ2n) is 2.11. The van der Waals surface area contributed by atoms with Gasteiger partial charge in [0.15, 0.2) is 6.29 Å². The Kier molecular flexibility index (Phi) is 3.08. The number of ether oxygens (including phenoxy) is 2. The summed E-state index contributed by atoms with van der Waals surface area (Å²) in [7, 11) is 3.28. The molecule has 1 heterocycles. The highest BCUT2D eigenvalue weighted by Crippen LogP contribution is 2.04. The van der Waals surface area contributed by atoms with Crippen LogP contribution >= 0.6 is 0 Å². The van der Waals surface area contributed by atoms with Gasteiger partial charge in [-0.05, 0) is 0 Å². The van der Waals surface area contributed by atoms with Gasteiger partial charge in [0.25, 0.3) is 0 Å². The van der Waals surface area contributed by atoms with Crippen molar-refractivity contribution in [3.05, 3.63) is 0 Å². The van der Waals surface area contributed by atoms with Crippen LogP contribution in [0.2, 0.25) is 0 Å². The van der Waals surface area contributed by atoms with Crippen LogP contribution in [0.4, 0.5) is 0 Å². The molecule has 0 aliphatic carbocycles. The molecule has 0 amide bonds. The van der Waals surface area contributed by atoms with E-state index in [2.05, 4.69) is 0 Å². The van der Waals surface area contributed by atoms with Gasteiger partial charge >= 0.3 is 0 Å². The molecule has 0 aromatic heterocycles. The van der Waals surface area contributed by atoms with Crippen LogP contribution in [0.15, 0.2) is 0 Å². The van der Waals surface area contributed by atoms with E-state index in [1.165, 1.54) is 0 Å². The fourth-order valence-corrected chi connectivity index (χ4v) is 0.905. The van der Waals surface area contributed by atoms with Gasteiger partial charge in [-0.25, -0.2) is 0 Å². The summed E-state index contributed by atoms with van der Waals surface area (Å²) >= 11 is 0. The number of rotatable bonds is 2. The normalized spacial score (nSPS) is 28.8. The highest BCUT2D eigenvalue weighted by Gasteiger charge is 2.18. The molecule has 1 aliphatic rings. The van der Waals surface area contributed by atoms with Crippen LogP contribution in [0.25, 0.3) is 0 Å². The predicted octanol–water partition coefficient (Wildman–Crippen LogP) is -0.147. The average Bonchev–Trinajstić information content (AvgIpc) is 2.05. The Morgan fingerprint density at radius 2 is 2.30 bits per heavy atom. The summed E-state index contributed by atoms with van der Waals surface area (Å²) < 4.78 is 10.2. The van der Waals surface area contributed by atoms with Gasteiger partial charge < -0.3 is 14.3 Å². The minimum Gasteiger partial charge on any atom is -0.354 e. The van der Waals surface area contributed by atoms with E-state index in [4.69, 9.17) is 14.3 Å². The van der Waals surface area contributed by atoms with E-state index in [0.717, 1.165) is 6.54 Å². The molecule has 4 nitrogen and oxygen atoms in total. The Morgan fingerprint density at radius 3 is 2.90 bits per heavy atom. The largest absolute Gasteiger partial charge is 0.354 e. The molecule has 1 aliphatic heterocycles. The van der Waals surface area contributed by atoms with Crippen molar-refractivity contribution in [1.29, 1.82) is 0 Å². The van der Waals surface area contributed by atoms with E-state index >= 15 is 0 Å². The predicted molar refractivity (Wildman–Crippen MR) is 35.3 cm³/mol. The number of hydrogen-bond donors (Lipinski definition) is 0. The van der Waals surface area contributed by atoms with Crippen LogP contribution in [0.1, 0.15) is 0 Å². The van der Waals surface area contributed by atoms with E-state index in [1.807, 2.05) is 5.06 Å². The fraction of sp³-hybridized carbons (Fsp3) is 1.00. The summed E-state index contributed by atoms with van der Waals surface area (Å²) in [5.74, 6) is 0. The van der Waals surface area contributed by atoms with Gasteiger partial charge in [0.1, 0.15) is 0 Å². The molecule has 0 aromatic rings. The monoisotopic (exact) mass is 147 g/mol. The first-order chi connectivity index (χ1) is 4.86. The molecule has 1 unspecified atom stereocenters. The van der Waals surface area contributed by atoms with E-state index in [-0.39, 0.29) is 6.29 Å². The third kappa shape index (κ3) is 1.91. The first-order valence-corrected chi connectivity index (χ1v) is 3.30. The third-order valence-corrected chi connectivity index (χ3v) is 1.52. The van der Waals surface area contributed by atoms with Crippen LogP contribution in [-0.2, 0) is 14.3 Å². The van der Waals surface area contributed by atoms with Crippen LogP contribution < -0.4 is 0 Å². The molecule has 1 fully saturated rings. The molecule has 0 aromatic carbocycles. The van der Waals surface area contributed by atoms with Crippen molar-refractivity contribution in [2.45, 2.75) is 6.29 Å². The quantitative estimate of drug-likeness (QED) is 0.543. The summed E-state index contributed by atoms with van der Waals surface area (Å²) in [6.07, 6.45) is -0.131. The first-order valence-electron chi connectivity index (χ1n) is 3.30. The molecule has 0 bridgehead atoms. The van der Waals surface area contributed by atoms with E-state index in [9.17, 15) is 0 Å². The van der Waals surface area contributed by atoms with Gasteiger partial charge in [0.2, 0.25) is 0 Å². The van der Waals surface area contributed by atoms with Crippen molar-refractivity contribution in [2.24, 2.45) is 0 Å². The Hall–Kier alpha value is -0.160. The molecule has 1 saturated heterocycles. The van der Waals surface area contributed by atoms with Gasteiger partial charge in [-0.15, -0.1) is 0 Å². The molecule has 0 N–H and O–H groups in total. The van der Waals surface area contributed by atoms with Crippen molar-refractivity contribution in [3.8, 4) is 0 Å². The molecule has 10 heavy (non-hydrogen) atoms. The number of morpholine rings is 1. The smallest absolute Gasteiger partial charge is 0.172 e. The third-order valence-electron chi connectivity index (χ3n) is 1.52. The minimum absolute atomic E-state index is 0.131. The van der Waals surface area contributed by atoms with Crippen molar-refractivity contribution >= 4 is 0 Å². The minimum atomic E-state index is -0.131. The topological polar surface area (TPSA) is 30.9 Å². The number of hydroxylamine groups is 2. The van der Waals surface area contributed by atoms with Crippen LogP contribution in [0.3, 0.4) is 0 Å². The van der Waals surface area contributed by atoms with Gasteiger partial charge in [0.05, 0.1) is 20.3 Å². The van der Waals surface area contributed by atoms with Gasteiger partial charge in [0, 0.05) is 13.7 Å².